The number of aromatic amines is 1. The van der Waals surface area contributed by atoms with E-state index in [1.807, 2.05) is 36.1 Å². The number of carbonyl (C=O) groups is 2. The first-order chi connectivity index (χ1) is 13.6. The Bertz CT molecular complexity index is 856. The van der Waals surface area contributed by atoms with E-state index in [2.05, 4.69) is 20.5 Å². The van der Waals surface area contributed by atoms with Gasteiger partial charge in [0.05, 0.1) is 0 Å². The zero-order valence-corrected chi connectivity index (χ0v) is 16.3. The molecule has 1 aliphatic heterocycles. The van der Waals surface area contributed by atoms with Gasteiger partial charge in [-0.3, -0.25) is 14.7 Å². The third-order valence-electron chi connectivity index (χ3n) is 5.78. The van der Waals surface area contributed by atoms with Crippen molar-refractivity contribution in [1.29, 1.82) is 0 Å². The summed E-state index contributed by atoms with van der Waals surface area (Å²) in [4.78, 5) is 32.0. The minimum Gasteiger partial charge on any atom is -0.330 e. The summed E-state index contributed by atoms with van der Waals surface area (Å²) in [5, 5.41) is 9.99. The number of nitrogens with zero attached hydrogens (tertiary/aromatic N) is 3. The van der Waals surface area contributed by atoms with Gasteiger partial charge in [-0.15, -0.1) is 0 Å². The molecule has 7 heteroatoms. The van der Waals surface area contributed by atoms with Gasteiger partial charge >= 0.3 is 0 Å². The molecule has 7 nitrogen and oxygen atoms in total. The molecule has 1 atom stereocenters. The third-order valence-corrected chi connectivity index (χ3v) is 5.78. The van der Waals surface area contributed by atoms with Crippen LogP contribution in [0.2, 0.25) is 0 Å². The van der Waals surface area contributed by atoms with Crippen molar-refractivity contribution in [3.8, 4) is 11.4 Å². The lowest BCUT2D eigenvalue weighted by Crippen LogP contribution is -2.46. The normalized spacial score (nSPS) is 20.3. The Balaban J connectivity index is 1.44. The minimum absolute atomic E-state index is 0.0967. The monoisotopic (exact) mass is 381 g/mol. The van der Waals surface area contributed by atoms with Gasteiger partial charge < -0.3 is 10.2 Å². The van der Waals surface area contributed by atoms with Crippen LogP contribution in [-0.4, -0.2) is 44.5 Å². The Kier molecular flexibility index (Phi) is 5.41. The molecule has 0 unspecified atom stereocenters. The van der Waals surface area contributed by atoms with Crippen molar-refractivity contribution in [3.05, 3.63) is 30.1 Å². The maximum atomic E-state index is 12.9. The molecule has 2 heterocycles. The van der Waals surface area contributed by atoms with Crippen LogP contribution in [0.25, 0.3) is 11.4 Å². The highest BCUT2D eigenvalue weighted by atomic mass is 16.2. The van der Waals surface area contributed by atoms with Crippen LogP contribution in [0.5, 0.6) is 0 Å². The van der Waals surface area contributed by atoms with Gasteiger partial charge in [-0.05, 0) is 44.7 Å². The second kappa shape index (κ2) is 8.12. The number of carbonyl (C=O) groups excluding carboxylic acids is 2. The van der Waals surface area contributed by atoms with E-state index < -0.39 is 0 Å². The van der Waals surface area contributed by atoms with Gasteiger partial charge in [0.25, 0.3) is 0 Å². The van der Waals surface area contributed by atoms with Gasteiger partial charge in [-0.2, -0.15) is 5.10 Å². The summed E-state index contributed by atoms with van der Waals surface area (Å²) in [6.07, 6.45) is 6.98. The predicted octanol–water partition coefficient (Wildman–Crippen LogP) is 3.29. The Labute approximate surface area is 164 Å². The predicted molar refractivity (Wildman–Crippen MR) is 106 cm³/mol. The number of likely N-dealkylation sites (tertiary alicyclic amines) is 1. The molecule has 0 bridgehead atoms. The summed E-state index contributed by atoms with van der Waals surface area (Å²) in [6.45, 7) is 2.53. The van der Waals surface area contributed by atoms with Gasteiger partial charge in [0.1, 0.15) is 11.9 Å². The topological polar surface area (TPSA) is 91.0 Å². The van der Waals surface area contributed by atoms with Crippen molar-refractivity contribution in [1.82, 2.24) is 20.1 Å². The average Bonchev–Trinajstić information content (AvgIpc) is 3.37. The second-order valence-electron chi connectivity index (χ2n) is 7.84. The summed E-state index contributed by atoms with van der Waals surface area (Å²) in [5.41, 5.74) is 1.53. The number of anilines is 1. The summed E-state index contributed by atoms with van der Waals surface area (Å²) in [6, 6.07) is 7.12. The minimum atomic E-state index is -0.371. The third kappa shape index (κ3) is 3.93. The Morgan fingerprint density at radius 2 is 1.96 bits per heavy atom. The van der Waals surface area contributed by atoms with Crippen LogP contribution >= 0.6 is 0 Å². The number of rotatable bonds is 4. The van der Waals surface area contributed by atoms with Crippen molar-refractivity contribution in [2.45, 2.75) is 57.9 Å². The number of aromatic nitrogens is 3. The fourth-order valence-corrected chi connectivity index (χ4v) is 4.32. The Hall–Kier alpha value is -2.70. The summed E-state index contributed by atoms with van der Waals surface area (Å²) < 4.78 is 0. The standard InChI is InChI=1S/C21H27N5O2/c1-14-22-19(25-24-14)16-9-5-10-17(13-16)23-20(27)18-11-6-12-26(18)21(28)15-7-3-2-4-8-15/h5,9-10,13,15,18H,2-4,6-8,11-12H2,1H3,(H,23,27)(H,22,24,25)/t18-/m0/s1. The van der Waals surface area contributed by atoms with Crippen LogP contribution in [0.3, 0.4) is 0 Å². The van der Waals surface area contributed by atoms with Crippen LogP contribution in [0.15, 0.2) is 24.3 Å². The number of hydrogen-bond donors (Lipinski definition) is 2. The van der Waals surface area contributed by atoms with Crippen molar-refractivity contribution in [2.75, 3.05) is 11.9 Å². The van der Waals surface area contributed by atoms with E-state index in [9.17, 15) is 9.59 Å². The van der Waals surface area contributed by atoms with Gasteiger partial charge in [-0.25, -0.2) is 4.98 Å². The van der Waals surface area contributed by atoms with Gasteiger partial charge in [0.2, 0.25) is 11.8 Å². The Morgan fingerprint density at radius 3 is 2.71 bits per heavy atom. The molecule has 148 valence electrons. The lowest BCUT2D eigenvalue weighted by molar-refractivity contribution is -0.141. The fraction of sp³-hybridized carbons (Fsp3) is 0.524. The molecule has 1 saturated carbocycles. The van der Waals surface area contributed by atoms with Crippen LogP contribution in [0.4, 0.5) is 5.69 Å². The number of H-pyrrole nitrogens is 1. The molecule has 2 aromatic rings. The van der Waals surface area contributed by atoms with E-state index in [-0.39, 0.29) is 23.8 Å². The quantitative estimate of drug-likeness (QED) is 0.850. The Morgan fingerprint density at radius 1 is 1.14 bits per heavy atom. The van der Waals surface area contributed by atoms with E-state index in [1.165, 1.54) is 6.42 Å². The molecule has 0 spiro atoms. The molecule has 1 aromatic heterocycles. The van der Waals surface area contributed by atoms with Gasteiger partial charge in [0.15, 0.2) is 5.82 Å². The largest absolute Gasteiger partial charge is 0.330 e. The maximum Gasteiger partial charge on any atom is 0.247 e. The maximum absolute atomic E-state index is 12.9. The second-order valence-corrected chi connectivity index (χ2v) is 7.84. The van der Waals surface area contributed by atoms with E-state index in [0.717, 1.165) is 49.9 Å². The number of aryl methyl sites for hydroxylation is 1. The fourth-order valence-electron chi connectivity index (χ4n) is 4.32. The molecule has 1 aliphatic carbocycles. The lowest BCUT2D eigenvalue weighted by Gasteiger charge is -2.30. The average molecular weight is 381 g/mol. The molecule has 2 fully saturated rings. The highest BCUT2D eigenvalue weighted by Crippen LogP contribution is 2.29. The summed E-state index contributed by atoms with van der Waals surface area (Å²) in [7, 11) is 0. The summed E-state index contributed by atoms with van der Waals surface area (Å²) in [5.74, 6) is 1.50. The van der Waals surface area contributed by atoms with Gasteiger partial charge in [-0.1, -0.05) is 31.4 Å². The highest BCUT2D eigenvalue weighted by Gasteiger charge is 2.37. The molecule has 4 rings (SSSR count). The molecular formula is C21H27N5O2. The van der Waals surface area contributed by atoms with Crippen LogP contribution < -0.4 is 5.32 Å². The highest BCUT2D eigenvalue weighted by molar-refractivity contribution is 5.98. The van der Waals surface area contributed by atoms with E-state index in [0.29, 0.717) is 18.1 Å². The molecule has 0 radical (unpaired) electrons. The van der Waals surface area contributed by atoms with Crippen LogP contribution in [0.1, 0.15) is 50.8 Å². The number of amides is 2. The van der Waals surface area contributed by atoms with Crippen molar-refractivity contribution < 1.29 is 9.59 Å². The molecule has 1 saturated heterocycles. The first-order valence-electron chi connectivity index (χ1n) is 10.2. The van der Waals surface area contributed by atoms with Crippen LogP contribution in [-0.2, 0) is 9.59 Å². The molecule has 1 aromatic carbocycles. The zero-order valence-electron chi connectivity index (χ0n) is 16.3. The van der Waals surface area contributed by atoms with E-state index in [4.69, 9.17) is 0 Å². The molecular weight excluding hydrogens is 354 g/mol. The molecule has 2 amide bonds. The summed E-state index contributed by atoms with van der Waals surface area (Å²) >= 11 is 0. The van der Waals surface area contributed by atoms with Crippen LogP contribution in [0, 0.1) is 12.8 Å². The lowest BCUT2D eigenvalue weighted by atomic mass is 9.88. The molecule has 2 N–H and O–H groups in total. The number of hydrogen-bond acceptors (Lipinski definition) is 4. The number of nitrogens with one attached hydrogen (secondary N) is 2. The number of benzene rings is 1. The molecule has 28 heavy (non-hydrogen) atoms. The van der Waals surface area contributed by atoms with Crippen molar-refractivity contribution in [3.63, 3.8) is 0 Å². The SMILES string of the molecule is Cc1nc(-c2cccc(NC(=O)[C@@H]3CCCN3C(=O)C3CCCCC3)c2)n[nH]1. The zero-order chi connectivity index (χ0) is 19.5. The first kappa shape index (κ1) is 18.7. The first-order valence-corrected chi connectivity index (χ1v) is 10.2. The van der Waals surface area contributed by atoms with Gasteiger partial charge in [0, 0.05) is 23.7 Å². The smallest absolute Gasteiger partial charge is 0.247 e. The van der Waals surface area contributed by atoms with Crippen molar-refractivity contribution in [2.24, 2.45) is 5.92 Å². The van der Waals surface area contributed by atoms with E-state index >= 15 is 0 Å². The molecule has 2 aliphatic rings. The van der Waals surface area contributed by atoms with Crippen molar-refractivity contribution >= 4 is 17.5 Å². The van der Waals surface area contributed by atoms with E-state index in [1.54, 1.807) is 0 Å².